The summed E-state index contributed by atoms with van der Waals surface area (Å²) in [5.74, 6) is 0.183. The van der Waals surface area contributed by atoms with Gasteiger partial charge in [0.2, 0.25) is 0 Å². The van der Waals surface area contributed by atoms with Crippen molar-refractivity contribution in [1.29, 1.82) is 0 Å². The van der Waals surface area contributed by atoms with E-state index in [-0.39, 0.29) is 17.9 Å². The predicted molar refractivity (Wildman–Crippen MR) is 75.9 cm³/mol. The van der Waals surface area contributed by atoms with Crippen LogP contribution in [0.3, 0.4) is 0 Å². The van der Waals surface area contributed by atoms with Gasteiger partial charge in [-0.05, 0) is 29.8 Å². The molecule has 4 heteroatoms. The van der Waals surface area contributed by atoms with Crippen LogP contribution in [-0.4, -0.2) is 23.8 Å². The van der Waals surface area contributed by atoms with E-state index in [2.05, 4.69) is 0 Å². The maximum atomic E-state index is 11.9. The summed E-state index contributed by atoms with van der Waals surface area (Å²) in [5, 5.41) is 9.28. The number of hydrogen-bond acceptors (Lipinski definition) is 3. The van der Waals surface area contributed by atoms with Crippen LogP contribution in [0.15, 0.2) is 54.6 Å². The topological polar surface area (TPSA) is 49.8 Å². The van der Waals surface area contributed by atoms with Gasteiger partial charge in [-0.3, -0.25) is 4.90 Å². The molecule has 1 saturated heterocycles. The highest BCUT2D eigenvalue weighted by Gasteiger charge is 2.32. The van der Waals surface area contributed by atoms with Gasteiger partial charge in [-0.15, -0.1) is 0 Å². The van der Waals surface area contributed by atoms with Crippen molar-refractivity contribution in [3.05, 3.63) is 60.2 Å². The molecule has 1 fully saturated rings. The number of carbonyl (C=O) groups is 1. The molecular formula is C16H15NO3. The zero-order valence-corrected chi connectivity index (χ0v) is 10.9. The lowest BCUT2D eigenvalue weighted by Gasteiger charge is -2.12. The Morgan fingerprint density at radius 2 is 1.80 bits per heavy atom. The van der Waals surface area contributed by atoms with Crippen LogP contribution in [0.1, 0.15) is 5.56 Å². The minimum Gasteiger partial charge on any atom is -0.508 e. The highest BCUT2D eigenvalue weighted by atomic mass is 16.6. The van der Waals surface area contributed by atoms with Crippen LogP contribution in [0.2, 0.25) is 0 Å². The summed E-state index contributed by atoms with van der Waals surface area (Å²) in [5.41, 5.74) is 1.89. The molecule has 0 aliphatic carbocycles. The van der Waals surface area contributed by atoms with Crippen molar-refractivity contribution in [3.63, 3.8) is 0 Å². The molecule has 0 unspecified atom stereocenters. The van der Waals surface area contributed by atoms with Gasteiger partial charge in [0.15, 0.2) is 0 Å². The standard InChI is InChI=1S/C16H15NO3/c18-14-8-6-13(7-9-14)17-11-15(20-16(17)19)10-12-4-2-1-3-5-12/h1-9,15,18H,10-11H2/t15-/m0/s1. The number of phenolic OH excluding ortho intramolecular Hbond substituents is 1. The van der Waals surface area contributed by atoms with Crippen LogP contribution in [-0.2, 0) is 11.2 Å². The third-order valence-corrected chi connectivity index (χ3v) is 3.34. The van der Waals surface area contributed by atoms with Crippen LogP contribution in [0.5, 0.6) is 5.75 Å². The second kappa shape index (κ2) is 5.25. The van der Waals surface area contributed by atoms with Crippen molar-refractivity contribution in [1.82, 2.24) is 0 Å². The van der Waals surface area contributed by atoms with Crippen molar-refractivity contribution in [2.24, 2.45) is 0 Å². The zero-order valence-electron chi connectivity index (χ0n) is 10.9. The Labute approximate surface area is 117 Å². The third-order valence-electron chi connectivity index (χ3n) is 3.34. The summed E-state index contributed by atoms with van der Waals surface area (Å²) in [7, 11) is 0. The number of anilines is 1. The Hall–Kier alpha value is -2.49. The van der Waals surface area contributed by atoms with Crippen LogP contribution < -0.4 is 4.90 Å². The first kappa shape index (κ1) is 12.5. The van der Waals surface area contributed by atoms with Crippen molar-refractivity contribution < 1.29 is 14.6 Å². The molecule has 1 amide bonds. The Bertz CT molecular complexity index is 595. The molecule has 102 valence electrons. The fraction of sp³-hybridized carbons (Fsp3) is 0.188. The molecule has 1 aliphatic heterocycles. The van der Waals surface area contributed by atoms with Gasteiger partial charge in [-0.2, -0.15) is 0 Å². The minimum absolute atomic E-state index is 0.140. The molecule has 0 aromatic heterocycles. The van der Waals surface area contributed by atoms with E-state index in [1.807, 2.05) is 30.3 Å². The molecule has 0 saturated carbocycles. The number of benzene rings is 2. The second-order valence-corrected chi connectivity index (χ2v) is 4.82. The van der Waals surface area contributed by atoms with Crippen molar-refractivity contribution in [2.45, 2.75) is 12.5 Å². The lowest BCUT2D eigenvalue weighted by Crippen LogP contribution is -2.24. The van der Waals surface area contributed by atoms with Crippen molar-refractivity contribution >= 4 is 11.8 Å². The van der Waals surface area contributed by atoms with Gasteiger partial charge < -0.3 is 9.84 Å². The number of nitrogens with zero attached hydrogens (tertiary/aromatic N) is 1. The molecule has 1 atom stereocenters. The van der Waals surface area contributed by atoms with Gasteiger partial charge in [0, 0.05) is 12.1 Å². The average Bonchev–Trinajstić information content (AvgIpc) is 2.81. The molecule has 0 radical (unpaired) electrons. The van der Waals surface area contributed by atoms with E-state index in [9.17, 15) is 9.90 Å². The monoisotopic (exact) mass is 269 g/mol. The number of carbonyl (C=O) groups excluding carboxylic acids is 1. The number of cyclic esters (lactones) is 1. The van der Waals surface area contributed by atoms with Crippen LogP contribution in [0, 0.1) is 0 Å². The first-order chi connectivity index (χ1) is 9.72. The molecule has 2 aromatic carbocycles. The fourth-order valence-corrected chi connectivity index (χ4v) is 2.35. The molecule has 0 bridgehead atoms. The molecule has 1 N–H and O–H groups in total. The quantitative estimate of drug-likeness (QED) is 0.932. The molecule has 1 heterocycles. The third kappa shape index (κ3) is 2.59. The highest BCUT2D eigenvalue weighted by Crippen LogP contribution is 2.24. The Morgan fingerprint density at radius 1 is 1.10 bits per heavy atom. The normalized spacial score (nSPS) is 18.1. The first-order valence-corrected chi connectivity index (χ1v) is 6.53. The Kier molecular flexibility index (Phi) is 3.29. The van der Waals surface area contributed by atoms with Crippen LogP contribution in [0.4, 0.5) is 10.5 Å². The van der Waals surface area contributed by atoms with E-state index in [1.165, 1.54) is 0 Å². The summed E-state index contributed by atoms with van der Waals surface area (Å²) in [6.07, 6.45) is 0.233. The summed E-state index contributed by atoms with van der Waals surface area (Å²) in [4.78, 5) is 13.5. The number of amides is 1. The van der Waals surface area contributed by atoms with Gasteiger partial charge in [-0.1, -0.05) is 30.3 Å². The number of hydrogen-bond donors (Lipinski definition) is 1. The van der Waals surface area contributed by atoms with Gasteiger partial charge in [0.25, 0.3) is 0 Å². The van der Waals surface area contributed by atoms with Gasteiger partial charge in [0.05, 0.1) is 6.54 Å². The largest absolute Gasteiger partial charge is 0.508 e. The lowest BCUT2D eigenvalue weighted by atomic mass is 10.1. The first-order valence-electron chi connectivity index (χ1n) is 6.53. The van der Waals surface area contributed by atoms with E-state index in [0.717, 1.165) is 11.3 Å². The predicted octanol–water partition coefficient (Wildman–Crippen LogP) is 2.96. The molecule has 0 spiro atoms. The molecular weight excluding hydrogens is 254 g/mol. The van der Waals surface area contributed by atoms with E-state index >= 15 is 0 Å². The maximum absolute atomic E-state index is 11.9. The van der Waals surface area contributed by atoms with Crippen LogP contribution >= 0.6 is 0 Å². The summed E-state index contributed by atoms with van der Waals surface area (Å²) in [6.45, 7) is 0.526. The number of rotatable bonds is 3. The highest BCUT2D eigenvalue weighted by molar-refractivity contribution is 5.89. The van der Waals surface area contributed by atoms with E-state index in [1.54, 1.807) is 29.2 Å². The number of aromatic hydroxyl groups is 1. The van der Waals surface area contributed by atoms with Gasteiger partial charge in [0.1, 0.15) is 11.9 Å². The SMILES string of the molecule is O=C1O[C@@H](Cc2ccccc2)CN1c1ccc(O)cc1. The molecule has 1 aliphatic rings. The van der Waals surface area contributed by atoms with Gasteiger partial charge >= 0.3 is 6.09 Å². The Balaban J connectivity index is 1.71. The molecule has 4 nitrogen and oxygen atoms in total. The molecule has 3 rings (SSSR count). The minimum atomic E-state index is -0.336. The number of ether oxygens (including phenoxy) is 1. The zero-order chi connectivity index (χ0) is 13.9. The van der Waals surface area contributed by atoms with Gasteiger partial charge in [-0.25, -0.2) is 4.79 Å². The van der Waals surface area contributed by atoms with Crippen molar-refractivity contribution in [3.8, 4) is 5.75 Å². The van der Waals surface area contributed by atoms with E-state index in [0.29, 0.717) is 13.0 Å². The van der Waals surface area contributed by atoms with Crippen LogP contribution in [0.25, 0.3) is 0 Å². The Morgan fingerprint density at radius 3 is 2.50 bits per heavy atom. The lowest BCUT2D eigenvalue weighted by molar-refractivity contribution is 0.141. The maximum Gasteiger partial charge on any atom is 0.414 e. The smallest absolute Gasteiger partial charge is 0.414 e. The number of phenols is 1. The fourth-order valence-electron chi connectivity index (χ4n) is 2.35. The molecule has 2 aromatic rings. The summed E-state index contributed by atoms with van der Waals surface area (Å²) in [6, 6.07) is 16.5. The summed E-state index contributed by atoms with van der Waals surface area (Å²) < 4.78 is 5.39. The second-order valence-electron chi connectivity index (χ2n) is 4.82. The van der Waals surface area contributed by atoms with E-state index < -0.39 is 0 Å². The van der Waals surface area contributed by atoms with E-state index in [4.69, 9.17) is 4.74 Å². The molecule has 20 heavy (non-hydrogen) atoms. The summed E-state index contributed by atoms with van der Waals surface area (Å²) >= 11 is 0. The average molecular weight is 269 g/mol. The van der Waals surface area contributed by atoms with Crippen molar-refractivity contribution in [2.75, 3.05) is 11.4 Å².